The number of aromatic nitrogens is 2. The number of amides is 2. The van der Waals surface area contributed by atoms with Crippen LogP contribution in [0.4, 0.5) is 0 Å². The Bertz CT molecular complexity index is 753. The van der Waals surface area contributed by atoms with Crippen molar-refractivity contribution in [2.45, 2.75) is 19.5 Å². The van der Waals surface area contributed by atoms with Crippen molar-refractivity contribution < 1.29 is 9.59 Å². The second kappa shape index (κ2) is 7.48. The third-order valence-corrected chi connectivity index (χ3v) is 4.40. The second-order valence-corrected chi connectivity index (χ2v) is 6.22. The van der Waals surface area contributed by atoms with Gasteiger partial charge in [-0.05, 0) is 17.7 Å². The molecule has 1 aromatic heterocycles. The molecular weight excluding hydrogens is 318 g/mol. The smallest absolute Gasteiger partial charge is 0.254 e. The number of carbonyl (C=O) groups is 2. The highest BCUT2D eigenvalue weighted by Crippen LogP contribution is 2.22. The largest absolute Gasteiger partial charge is 0.352 e. The van der Waals surface area contributed by atoms with Crippen LogP contribution in [0.3, 0.4) is 0 Å². The summed E-state index contributed by atoms with van der Waals surface area (Å²) in [6, 6.07) is 7.30. The van der Waals surface area contributed by atoms with Crippen molar-refractivity contribution in [2.75, 3.05) is 19.6 Å². The minimum Gasteiger partial charge on any atom is -0.352 e. The number of benzene rings is 1. The number of imidazole rings is 1. The summed E-state index contributed by atoms with van der Waals surface area (Å²) in [5.74, 6) is 0.808. The molecule has 1 fully saturated rings. The van der Waals surface area contributed by atoms with E-state index < -0.39 is 0 Å². The van der Waals surface area contributed by atoms with Crippen molar-refractivity contribution in [3.05, 3.63) is 53.6 Å². The second-order valence-electron chi connectivity index (χ2n) is 6.22. The molecule has 132 valence electrons. The summed E-state index contributed by atoms with van der Waals surface area (Å²) in [5.41, 5.74) is 1.61. The number of hydrogen-bond acceptors (Lipinski definition) is 4. The number of piperazine rings is 1. The lowest BCUT2D eigenvalue weighted by molar-refractivity contribution is -0.119. The number of hydrogen-bond donors (Lipinski definition) is 2. The molecule has 2 N–H and O–H groups in total. The lowest BCUT2D eigenvalue weighted by atomic mass is 10.1. The SMILES string of the molecule is CC(=O)NCc1ccc(C(=O)N2CCNCC2c2nccn2C)cc1. The first-order valence-electron chi connectivity index (χ1n) is 8.38. The zero-order chi connectivity index (χ0) is 17.8. The van der Waals surface area contributed by atoms with Crippen LogP contribution >= 0.6 is 0 Å². The predicted octanol–water partition coefficient (Wildman–Crippen LogP) is 0.843. The molecule has 25 heavy (non-hydrogen) atoms. The van der Waals surface area contributed by atoms with Crippen molar-refractivity contribution in [2.24, 2.45) is 7.05 Å². The zero-order valence-electron chi connectivity index (χ0n) is 14.5. The quantitative estimate of drug-likeness (QED) is 0.864. The monoisotopic (exact) mass is 341 g/mol. The Labute approximate surface area is 147 Å². The van der Waals surface area contributed by atoms with Crippen LogP contribution in [0.25, 0.3) is 0 Å². The summed E-state index contributed by atoms with van der Waals surface area (Å²) in [6.45, 7) is 4.06. The van der Waals surface area contributed by atoms with Gasteiger partial charge in [0.2, 0.25) is 5.91 Å². The van der Waals surface area contributed by atoms with Crippen LogP contribution in [0.1, 0.15) is 34.7 Å². The van der Waals surface area contributed by atoms with Crippen LogP contribution in [-0.4, -0.2) is 45.9 Å². The Hall–Kier alpha value is -2.67. The molecule has 3 rings (SSSR count). The molecular formula is C18H23N5O2. The first-order valence-corrected chi connectivity index (χ1v) is 8.38. The molecule has 0 spiro atoms. The maximum atomic E-state index is 13.0. The molecule has 0 saturated carbocycles. The Balaban J connectivity index is 1.76. The molecule has 1 aliphatic rings. The van der Waals surface area contributed by atoms with E-state index in [4.69, 9.17) is 0 Å². The molecule has 2 amide bonds. The van der Waals surface area contributed by atoms with E-state index in [-0.39, 0.29) is 17.9 Å². The average molecular weight is 341 g/mol. The molecule has 2 aromatic rings. The van der Waals surface area contributed by atoms with Crippen LogP contribution < -0.4 is 10.6 Å². The van der Waals surface area contributed by atoms with E-state index in [0.717, 1.165) is 17.9 Å². The predicted molar refractivity (Wildman–Crippen MR) is 93.8 cm³/mol. The highest BCUT2D eigenvalue weighted by molar-refractivity contribution is 5.94. The number of carbonyl (C=O) groups excluding carboxylic acids is 2. The van der Waals surface area contributed by atoms with Gasteiger partial charge in [-0.25, -0.2) is 4.98 Å². The molecule has 2 heterocycles. The highest BCUT2D eigenvalue weighted by Gasteiger charge is 2.30. The van der Waals surface area contributed by atoms with Gasteiger partial charge in [0.25, 0.3) is 5.91 Å². The molecule has 1 saturated heterocycles. The van der Waals surface area contributed by atoms with E-state index in [9.17, 15) is 9.59 Å². The number of rotatable bonds is 4. The van der Waals surface area contributed by atoms with E-state index in [1.807, 2.05) is 47.0 Å². The summed E-state index contributed by atoms with van der Waals surface area (Å²) in [4.78, 5) is 30.3. The lowest BCUT2D eigenvalue weighted by Crippen LogP contribution is -2.49. The summed E-state index contributed by atoms with van der Waals surface area (Å²) in [5, 5.41) is 6.09. The maximum Gasteiger partial charge on any atom is 0.254 e. The lowest BCUT2D eigenvalue weighted by Gasteiger charge is -2.35. The number of nitrogens with zero attached hydrogens (tertiary/aromatic N) is 3. The first kappa shape index (κ1) is 17.2. The van der Waals surface area contributed by atoms with Crippen molar-refractivity contribution in [3.8, 4) is 0 Å². The van der Waals surface area contributed by atoms with Crippen LogP contribution in [0.2, 0.25) is 0 Å². The minimum absolute atomic E-state index is 0.000534. The first-order chi connectivity index (χ1) is 12.1. The van der Waals surface area contributed by atoms with E-state index >= 15 is 0 Å². The molecule has 1 aromatic carbocycles. The summed E-state index contributed by atoms with van der Waals surface area (Å²) in [7, 11) is 1.94. The van der Waals surface area contributed by atoms with Gasteiger partial charge >= 0.3 is 0 Å². The normalized spacial score (nSPS) is 17.4. The molecule has 1 aliphatic heterocycles. The fraction of sp³-hybridized carbons (Fsp3) is 0.389. The minimum atomic E-state index is -0.0830. The van der Waals surface area contributed by atoms with Gasteiger partial charge < -0.3 is 20.1 Å². The molecule has 1 atom stereocenters. The Morgan fingerprint density at radius 3 is 2.72 bits per heavy atom. The summed E-state index contributed by atoms with van der Waals surface area (Å²) >= 11 is 0. The fourth-order valence-electron chi connectivity index (χ4n) is 3.03. The molecule has 0 aliphatic carbocycles. The average Bonchev–Trinajstić information content (AvgIpc) is 3.05. The zero-order valence-corrected chi connectivity index (χ0v) is 14.5. The number of aryl methyl sites for hydroxylation is 1. The maximum absolute atomic E-state index is 13.0. The van der Waals surface area contributed by atoms with Crippen LogP contribution in [-0.2, 0) is 18.4 Å². The van der Waals surface area contributed by atoms with Crippen molar-refractivity contribution in [1.82, 2.24) is 25.1 Å². The van der Waals surface area contributed by atoms with Gasteiger partial charge in [0.05, 0.1) is 0 Å². The molecule has 7 heteroatoms. The Morgan fingerprint density at radius 2 is 2.08 bits per heavy atom. The summed E-state index contributed by atoms with van der Waals surface area (Å²) < 4.78 is 1.95. The number of nitrogens with one attached hydrogen (secondary N) is 2. The highest BCUT2D eigenvalue weighted by atomic mass is 16.2. The fourth-order valence-corrected chi connectivity index (χ4v) is 3.03. The summed E-state index contributed by atoms with van der Waals surface area (Å²) in [6.07, 6.45) is 3.65. The van der Waals surface area contributed by atoms with Gasteiger partial charge in [-0.2, -0.15) is 0 Å². The van der Waals surface area contributed by atoms with Crippen molar-refractivity contribution >= 4 is 11.8 Å². The molecule has 0 radical (unpaired) electrons. The third-order valence-electron chi connectivity index (χ3n) is 4.40. The molecule has 1 unspecified atom stereocenters. The topological polar surface area (TPSA) is 79.3 Å². The van der Waals surface area contributed by atoms with Crippen molar-refractivity contribution in [1.29, 1.82) is 0 Å². The van der Waals surface area contributed by atoms with Gasteiger partial charge in [0.15, 0.2) is 0 Å². The van der Waals surface area contributed by atoms with Crippen molar-refractivity contribution in [3.63, 3.8) is 0 Å². The van der Waals surface area contributed by atoms with E-state index in [1.165, 1.54) is 6.92 Å². The Kier molecular flexibility index (Phi) is 5.14. The standard InChI is InChI=1S/C18H23N5O2/c1-13(24)21-11-14-3-5-15(6-4-14)18(25)23-10-7-19-12-16(23)17-20-8-9-22(17)2/h3-6,8-9,16,19H,7,10-12H2,1-2H3,(H,21,24). The molecule has 7 nitrogen and oxygen atoms in total. The van der Waals surface area contributed by atoms with Crippen LogP contribution in [0.5, 0.6) is 0 Å². The van der Waals surface area contributed by atoms with Gasteiger partial charge in [-0.1, -0.05) is 12.1 Å². The van der Waals surface area contributed by atoms with Gasteiger partial charge in [-0.3, -0.25) is 9.59 Å². The van der Waals surface area contributed by atoms with E-state index in [0.29, 0.717) is 25.2 Å². The van der Waals surface area contributed by atoms with Gasteiger partial charge in [0, 0.05) is 58.1 Å². The van der Waals surface area contributed by atoms with Gasteiger partial charge in [0.1, 0.15) is 11.9 Å². The van der Waals surface area contributed by atoms with Gasteiger partial charge in [-0.15, -0.1) is 0 Å². The third kappa shape index (κ3) is 3.88. The Morgan fingerprint density at radius 1 is 1.32 bits per heavy atom. The van der Waals surface area contributed by atoms with E-state index in [2.05, 4.69) is 15.6 Å². The molecule has 0 bridgehead atoms. The van der Waals surface area contributed by atoms with Crippen LogP contribution in [0.15, 0.2) is 36.7 Å². The van der Waals surface area contributed by atoms with E-state index in [1.54, 1.807) is 6.20 Å². The van der Waals surface area contributed by atoms with Crippen LogP contribution in [0, 0.1) is 0 Å².